The maximum Gasteiger partial charge on any atom is 0.254 e. The molecule has 1 N–H and O–H groups in total. The van der Waals surface area contributed by atoms with Crippen molar-refractivity contribution in [2.45, 2.75) is 13.3 Å². The molecule has 0 fully saturated rings. The van der Waals surface area contributed by atoms with Crippen LogP contribution in [0.15, 0.2) is 34.1 Å². The summed E-state index contributed by atoms with van der Waals surface area (Å²) in [6.45, 7) is 2.78. The number of benzene rings is 1. The Morgan fingerprint density at radius 2 is 2.20 bits per heavy atom. The van der Waals surface area contributed by atoms with Crippen LogP contribution in [-0.2, 0) is 9.53 Å². The van der Waals surface area contributed by atoms with Gasteiger partial charge in [0, 0.05) is 35.7 Å². The van der Waals surface area contributed by atoms with Crippen LogP contribution in [0.1, 0.15) is 22.5 Å². The van der Waals surface area contributed by atoms with Gasteiger partial charge < -0.3 is 15.0 Å². The number of nitrogens with zero attached hydrogens (tertiary/aromatic N) is 2. The second-order valence-corrected chi connectivity index (χ2v) is 7.20. The topological polar surface area (TPSA) is 71.5 Å². The standard InChI is InChI=1S/C17H20BrN3O3S/c1-12-11-25-17(19-12)20-15(22)10-21(7-4-8-24-2)16(23)13-5-3-6-14(18)9-13/h3,5-6,9,11H,4,7-8,10H2,1-2H3,(H,19,20,22). The first-order chi connectivity index (χ1) is 12.0. The molecule has 6 nitrogen and oxygen atoms in total. The van der Waals surface area contributed by atoms with Gasteiger partial charge in [-0.2, -0.15) is 0 Å². The Kier molecular flexibility index (Phi) is 7.54. The Labute approximate surface area is 159 Å². The first-order valence-electron chi connectivity index (χ1n) is 7.75. The van der Waals surface area contributed by atoms with Crippen LogP contribution in [-0.4, -0.2) is 48.5 Å². The molecule has 8 heteroatoms. The average Bonchev–Trinajstić information content (AvgIpc) is 2.98. The second-order valence-electron chi connectivity index (χ2n) is 5.43. The van der Waals surface area contributed by atoms with Crippen molar-refractivity contribution in [2.75, 3.05) is 32.1 Å². The minimum absolute atomic E-state index is 0.0340. The molecule has 1 aromatic carbocycles. The normalized spacial score (nSPS) is 10.5. The zero-order chi connectivity index (χ0) is 18.2. The minimum atomic E-state index is -0.268. The van der Waals surface area contributed by atoms with Gasteiger partial charge in [0.25, 0.3) is 5.91 Å². The number of aromatic nitrogens is 1. The highest BCUT2D eigenvalue weighted by Gasteiger charge is 2.19. The van der Waals surface area contributed by atoms with Crippen LogP contribution in [0.3, 0.4) is 0 Å². The van der Waals surface area contributed by atoms with Crippen molar-refractivity contribution in [2.24, 2.45) is 0 Å². The number of carbonyl (C=O) groups excluding carboxylic acids is 2. The molecule has 0 bridgehead atoms. The molecule has 0 unspecified atom stereocenters. The lowest BCUT2D eigenvalue weighted by atomic mass is 10.2. The quantitative estimate of drug-likeness (QED) is 0.658. The van der Waals surface area contributed by atoms with E-state index in [0.717, 1.165) is 10.2 Å². The molecule has 1 aromatic heterocycles. The molecule has 0 aliphatic carbocycles. The number of anilines is 1. The van der Waals surface area contributed by atoms with Crippen molar-refractivity contribution >= 4 is 44.2 Å². The van der Waals surface area contributed by atoms with E-state index in [-0.39, 0.29) is 18.4 Å². The van der Waals surface area contributed by atoms with Gasteiger partial charge in [-0.3, -0.25) is 9.59 Å². The summed E-state index contributed by atoms with van der Waals surface area (Å²) in [6, 6.07) is 7.12. The lowest BCUT2D eigenvalue weighted by Crippen LogP contribution is -2.39. The van der Waals surface area contributed by atoms with Gasteiger partial charge in [0.05, 0.1) is 5.69 Å². The van der Waals surface area contributed by atoms with Crippen LogP contribution in [0.2, 0.25) is 0 Å². The summed E-state index contributed by atoms with van der Waals surface area (Å²) in [7, 11) is 1.61. The lowest BCUT2D eigenvalue weighted by molar-refractivity contribution is -0.116. The third-order valence-corrected chi connectivity index (χ3v) is 4.70. The number of amides is 2. The number of carbonyl (C=O) groups is 2. The smallest absolute Gasteiger partial charge is 0.254 e. The van der Waals surface area contributed by atoms with Gasteiger partial charge >= 0.3 is 0 Å². The summed E-state index contributed by atoms with van der Waals surface area (Å²) in [5.74, 6) is -0.460. The molecular formula is C17H20BrN3O3S. The van der Waals surface area contributed by atoms with Crippen LogP contribution < -0.4 is 5.32 Å². The van der Waals surface area contributed by atoms with E-state index < -0.39 is 0 Å². The summed E-state index contributed by atoms with van der Waals surface area (Å²) in [6.07, 6.45) is 0.653. The van der Waals surface area contributed by atoms with E-state index in [1.807, 2.05) is 18.4 Å². The Bertz CT molecular complexity index is 735. The van der Waals surface area contributed by atoms with Gasteiger partial charge in [0.1, 0.15) is 6.54 Å². The number of rotatable bonds is 8. The summed E-state index contributed by atoms with van der Waals surface area (Å²) < 4.78 is 5.86. The van der Waals surface area contributed by atoms with Crippen molar-refractivity contribution in [1.82, 2.24) is 9.88 Å². The van der Waals surface area contributed by atoms with E-state index in [0.29, 0.717) is 30.3 Å². The summed E-state index contributed by atoms with van der Waals surface area (Å²) >= 11 is 4.72. The van der Waals surface area contributed by atoms with E-state index in [2.05, 4.69) is 26.2 Å². The van der Waals surface area contributed by atoms with Crippen LogP contribution in [0.25, 0.3) is 0 Å². The average molecular weight is 426 g/mol. The van der Waals surface area contributed by atoms with E-state index in [1.54, 1.807) is 25.3 Å². The molecule has 2 rings (SSSR count). The Hall–Kier alpha value is -1.77. The maximum atomic E-state index is 12.8. The molecule has 0 aliphatic heterocycles. The van der Waals surface area contributed by atoms with E-state index >= 15 is 0 Å². The van der Waals surface area contributed by atoms with Crippen LogP contribution in [0.4, 0.5) is 5.13 Å². The van der Waals surface area contributed by atoms with Gasteiger partial charge in [-0.15, -0.1) is 11.3 Å². The Morgan fingerprint density at radius 1 is 1.40 bits per heavy atom. The van der Waals surface area contributed by atoms with Crippen LogP contribution in [0, 0.1) is 6.92 Å². The molecule has 0 saturated carbocycles. The van der Waals surface area contributed by atoms with E-state index in [1.165, 1.54) is 16.2 Å². The van der Waals surface area contributed by atoms with Crippen molar-refractivity contribution in [1.29, 1.82) is 0 Å². The number of nitrogens with one attached hydrogen (secondary N) is 1. The van der Waals surface area contributed by atoms with Gasteiger partial charge in [-0.05, 0) is 31.5 Å². The highest BCUT2D eigenvalue weighted by Crippen LogP contribution is 2.16. The van der Waals surface area contributed by atoms with Crippen molar-refractivity contribution in [3.8, 4) is 0 Å². The predicted molar refractivity (Wildman–Crippen MR) is 102 cm³/mol. The molecule has 0 saturated heterocycles. The number of hydrogen-bond acceptors (Lipinski definition) is 5. The van der Waals surface area contributed by atoms with E-state index in [9.17, 15) is 9.59 Å². The maximum absolute atomic E-state index is 12.8. The molecule has 2 amide bonds. The fourth-order valence-corrected chi connectivity index (χ4v) is 3.30. The summed E-state index contributed by atoms with van der Waals surface area (Å²) in [4.78, 5) is 30.8. The van der Waals surface area contributed by atoms with Crippen molar-refractivity contribution in [3.63, 3.8) is 0 Å². The summed E-state index contributed by atoms with van der Waals surface area (Å²) in [5, 5.41) is 5.13. The number of ether oxygens (including phenoxy) is 1. The SMILES string of the molecule is COCCCN(CC(=O)Nc1nc(C)cs1)C(=O)c1cccc(Br)c1. The fourth-order valence-electron chi connectivity index (χ4n) is 2.20. The molecule has 1 heterocycles. The number of thiazole rings is 1. The minimum Gasteiger partial charge on any atom is -0.385 e. The third kappa shape index (κ3) is 6.22. The molecule has 0 radical (unpaired) electrons. The Morgan fingerprint density at radius 3 is 2.84 bits per heavy atom. The first-order valence-corrected chi connectivity index (χ1v) is 9.42. The number of hydrogen-bond donors (Lipinski definition) is 1. The molecule has 0 atom stereocenters. The molecule has 2 aromatic rings. The molecule has 134 valence electrons. The number of halogens is 1. The zero-order valence-corrected chi connectivity index (χ0v) is 16.5. The Balaban J connectivity index is 2.06. The summed E-state index contributed by atoms with van der Waals surface area (Å²) in [5.41, 5.74) is 1.38. The highest BCUT2D eigenvalue weighted by molar-refractivity contribution is 9.10. The second kappa shape index (κ2) is 9.65. The van der Waals surface area contributed by atoms with Crippen LogP contribution >= 0.6 is 27.3 Å². The van der Waals surface area contributed by atoms with Gasteiger partial charge in [-0.1, -0.05) is 22.0 Å². The van der Waals surface area contributed by atoms with Crippen molar-refractivity contribution in [3.05, 3.63) is 45.4 Å². The highest BCUT2D eigenvalue weighted by atomic mass is 79.9. The third-order valence-electron chi connectivity index (χ3n) is 3.34. The molecule has 25 heavy (non-hydrogen) atoms. The van der Waals surface area contributed by atoms with Gasteiger partial charge in [-0.25, -0.2) is 4.98 Å². The molecular weight excluding hydrogens is 406 g/mol. The predicted octanol–water partition coefficient (Wildman–Crippen LogP) is 3.33. The monoisotopic (exact) mass is 425 g/mol. The lowest BCUT2D eigenvalue weighted by Gasteiger charge is -2.22. The molecule has 0 aliphatic rings. The van der Waals surface area contributed by atoms with Crippen molar-refractivity contribution < 1.29 is 14.3 Å². The van der Waals surface area contributed by atoms with Gasteiger partial charge in [0.2, 0.25) is 5.91 Å². The van der Waals surface area contributed by atoms with E-state index in [4.69, 9.17) is 4.74 Å². The zero-order valence-electron chi connectivity index (χ0n) is 14.1. The number of aryl methyl sites for hydroxylation is 1. The largest absolute Gasteiger partial charge is 0.385 e. The van der Waals surface area contributed by atoms with Crippen LogP contribution in [0.5, 0.6) is 0 Å². The van der Waals surface area contributed by atoms with Gasteiger partial charge in [0.15, 0.2) is 5.13 Å². The first kappa shape index (κ1) is 19.6. The fraction of sp³-hybridized carbons (Fsp3) is 0.353. The molecule has 0 spiro atoms. The number of methoxy groups -OCH3 is 1.